The summed E-state index contributed by atoms with van der Waals surface area (Å²) in [6.45, 7) is 0.546. The maximum Gasteiger partial charge on any atom is 0.293 e. The summed E-state index contributed by atoms with van der Waals surface area (Å²) in [6.07, 6.45) is 1.69. The largest absolute Gasteiger partial charge is 0.493 e. The third kappa shape index (κ3) is 5.72. The van der Waals surface area contributed by atoms with Gasteiger partial charge >= 0.3 is 0 Å². The van der Waals surface area contributed by atoms with Crippen molar-refractivity contribution in [1.29, 1.82) is 0 Å². The van der Waals surface area contributed by atoms with E-state index in [1.807, 2.05) is 54.6 Å². The molecule has 8 heteroatoms. The number of ether oxygens (including phenoxy) is 2. The second-order valence-electron chi connectivity index (χ2n) is 7.18. The number of carbonyl (C=O) groups is 2. The van der Waals surface area contributed by atoms with Crippen LogP contribution in [0.15, 0.2) is 71.6 Å². The van der Waals surface area contributed by atoms with Crippen molar-refractivity contribution in [3.8, 4) is 11.5 Å². The molecule has 0 saturated carbocycles. The molecule has 3 aromatic rings. The van der Waals surface area contributed by atoms with E-state index in [0.29, 0.717) is 28.0 Å². The third-order valence-electron chi connectivity index (χ3n) is 4.95. The predicted molar refractivity (Wildman–Crippen MR) is 139 cm³/mol. The van der Waals surface area contributed by atoms with Crippen molar-refractivity contribution in [1.82, 2.24) is 4.90 Å². The van der Waals surface area contributed by atoms with Crippen molar-refractivity contribution in [3.05, 3.63) is 96.9 Å². The number of amides is 2. The summed E-state index contributed by atoms with van der Waals surface area (Å²) in [5.74, 6) is 0.775. The van der Waals surface area contributed by atoms with E-state index in [1.54, 1.807) is 25.3 Å². The molecule has 1 heterocycles. The molecule has 2 amide bonds. The van der Waals surface area contributed by atoms with Crippen molar-refractivity contribution in [3.63, 3.8) is 0 Å². The Kier molecular flexibility index (Phi) is 7.62. The van der Waals surface area contributed by atoms with Crippen LogP contribution in [0.4, 0.5) is 4.79 Å². The zero-order valence-corrected chi connectivity index (χ0v) is 21.3. The zero-order chi connectivity index (χ0) is 23.4. The van der Waals surface area contributed by atoms with Gasteiger partial charge in [0.1, 0.15) is 6.61 Å². The van der Waals surface area contributed by atoms with Gasteiger partial charge in [-0.05, 0) is 81.9 Å². The van der Waals surface area contributed by atoms with E-state index in [-0.39, 0.29) is 17.7 Å². The molecule has 0 radical (unpaired) electrons. The van der Waals surface area contributed by atoms with Crippen LogP contribution >= 0.6 is 46.0 Å². The minimum Gasteiger partial charge on any atom is -0.493 e. The van der Waals surface area contributed by atoms with E-state index >= 15 is 0 Å². The van der Waals surface area contributed by atoms with Gasteiger partial charge in [0.05, 0.1) is 18.6 Å². The molecular weight excluding hydrogens is 573 g/mol. The Hall–Kier alpha value is -2.49. The Labute approximate surface area is 214 Å². The normalized spacial score (nSPS) is 14.8. The Bertz CT molecular complexity index is 1230. The molecule has 1 fully saturated rings. The molecule has 1 saturated heterocycles. The van der Waals surface area contributed by atoms with Crippen LogP contribution in [0, 0.1) is 3.57 Å². The van der Waals surface area contributed by atoms with E-state index in [1.165, 1.54) is 4.90 Å². The van der Waals surface area contributed by atoms with Gasteiger partial charge in [0.15, 0.2) is 11.5 Å². The second-order valence-corrected chi connectivity index (χ2v) is 9.83. The Morgan fingerprint density at radius 3 is 2.52 bits per heavy atom. The van der Waals surface area contributed by atoms with Gasteiger partial charge in [0.25, 0.3) is 11.1 Å². The van der Waals surface area contributed by atoms with Gasteiger partial charge in [-0.15, -0.1) is 0 Å². The van der Waals surface area contributed by atoms with Crippen molar-refractivity contribution in [2.24, 2.45) is 0 Å². The number of rotatable bonds is 7. The van der Waals surface area contributed by atoms with Gasteiger partial charge in [-0.25, -0.2) is 0 Å². The van der Waals surface area contributed by atoms with Gasteiger partial charge in [0, 0.05) is 14.2 Å². The van der Waals surface area contributed by atoms with Crippen molar-refractivity contribution >= 4 is 63.2 Å². The molecule has 0 unspecified atom stereocenters. The maximum atomic E-state index is 12.9. The molecule has 5 nitrogen and oxygen atoms in total. The first-order valence-corrected chi connectivity index (χ1v) is 12.3. The third-order valence-corrected chi connectivity index (χ3v) is 6.95. The minimum atomic E-state index is -0.304. The number of methoxy groups -OCH3 is 1. The molecule has 1 aliphatic rings. The van der Waals surface area contributed by atoms with Gasteiger partial charge in [0.2, 0.25) is 0 Å². The number of hydrogen-bond acceptors (Lipinski definition) is 5. The first-order valence-electron chi connectivity index (χ1n) is 9.98. The summed E-state index contributed by atoms with van der Waals surface area (Å²) in [4.78, 5) is 26.9. The summed E-state index contributed by atoms with van der Waals surface area (Å²) in [5, 5.41) is 0.352. The van der Waals surface area contributed by atoms with Crippen LogP contribution in [0.1, 0.15) is 16.7 Å². The molecule has 0 aromatic heterocycles. The highest BCUT2D eigenvalue weighted by atomic mass is 127. The molecule has 0 spiro atoms. The van der Waals surface area contributed by atoms with Crippen molar-refractivity contribution in [2.45, 2.75) is 13.2 Å². The monoisotopic (exact) mass is 591 g/mol. The van der Waals surface area contributed by atoms with Crippen LogP contribution < -0.4 is 9.47 Å². The van der Waals surface area contributed by atoms with E-state index in [0.717, 1.165) is 32.0 Å². The average molecular weight is 592 g/mol. The topological polar surface area (TPSA) is 55.8 Å². The Morgan fingerprint density at radius 2 is 1.79 bits per heavy atom. The second kappa shape index (κ2) is 10.6. The highest BCUT2D eigenvalue weighted by molar-refractivity contribution is 14.1. The quantitative estimate of drug-likeness (QED) is 0.224. The number of nitrogens with zero attached hydrogens (tertiary/aromatic N) is 1. The number of imide groups is 1. The van der Waals surface area contributed by atoms with Gasteiger partial charge < -0.3 is 9.47 Å². The van der Waals surface area contributed by atoms with E-state index in [9.17, 15) is 9.59 Å². The SMILES string of the molecule is COc1cc(/C=C2/SC(=O)N(Cc3ccc(I)cc3)C2=O)ccc1OCc1ccccc1Cl. The summed E-state index contributed by atoms with van der Waals surface area (Å²) >= 11 is 9.35. The fourth-order valence-corrected chi connectivity index (χ4v) is 4.61. The number of halogens is 2. The Morgan fingerprint density at radius 1 is 1.03 bits per heavy atom. The van der Waals surface area contributed by atoms with Crippen LogP contribution in [0.2, 0.25) is 5.02 Å². The van der Waals surface area contributed by atoms with E-state index in [4.69, 9.17) is 21.1 Å². The first-order chi connectivity index (χ1) is 15.9. The number of carbonyl (C=O) groups excluding carboxylic acids is 2. The number of thioether (sulfide) groups is 1. The molecule has 168 valence electrons. The number of hydrogen-bond donors (Lipinski definition) is 0. The summed E-state index contributed by atoms with van der Waals surface area (Å²) in [6, 6.07) is 20.6. The van der Waals surface area contributed by atoms with Crippen LogP contribution in [0.25, 0.3) is 6.08 Å². The number of benzene rings is 3. The molecule has 0 atom stereocenters. The standard InChI is InChI=1S/C25H19ClINO4S/c1-31-22-12-17(8-11-21(22)32-15-18-4-2-3-5-20(18)26)13-23-24(29)28(25(30)33-23)14-16-6-9-19(27)10-7-16/h2-13H,14-15H2,1H3/b23-13+. The minimum absolute atomic E-state index is 0.247. The van der Waals surface area contributed by atoms with Gasteiger partial charge in [-0.3, -0.25) is 14.5 Å². The van der Waals surface area contributed by atoms with E-state index < -0.39 is 0 Å². The highest BCUT2D eigenvalue weighted by Gasteiger charge is 2.35. The maximum absolute atomic E-state index is 12.9. The molecule has 0 aliphatic carbocycles. The first kappa shape index (κ1) is 23.7. The zero-order valence-electron chi connectivity index (χ0n) is 17.6. The van der Waals surface area contributed by atoms with Crippen LogP contribution in [-0.2, 0) is 17.9 Å². The van der Waals surface area contributed by atoms with Crippen LogP contribution in [0.3, 0.4) is 0 Å². The van der Waals surface area contributed by atoms with E-state index in [2.05, 4.69) is 22.6 Å². The lowest BCUT2D eigenvalue weighted by Crippen LogP contribution is -2.27. The smallest absolute Gasteiger partial charge is 0.293 e. The molecule has 3 aromatic carbocycles. The Balaban J connectivity index is 1.49. The summed E-state index contributed by atoms with van der Waals surface area (Å²) in [5.41, 5.74) is 2.50. The molecule has 0 N–H and O–H groups in total. The molecule has 33 heavy (non-hydrogen) atoms. The fraction of sp³-hybridized carbons (Fsp3) is 0.120. The van der Waals surface area contributed by atoms with Gasteiger partial charge in [-0.1, -0.05) is 48.0 Å². The lowest BCUT2D eigenvalue weighted by molar-refractivity contribution is -0.123. The summed E-state index contributed by atoms with van der Waals surface area (Å²) < 4.78 is 12.5. The predicted octanol–water partition coefficient (Wildman–Crippen LogP) is 6.77. The molecule has 1 aliphatic heterocycles. The van der Waals surface area contributed by atoms with Crippen molar-refractivity contribution in [2.75, 3.05) is 7.11 Å². The van der Waals surface area contributed by atoms with Crippen LogP contribution in [0.5, 0.6) is 11.5 Å². The summed E-state index contributed by atoms with van der Waals surface area (Å²) in [7, 11) is 1.55. The van der Waals surface area contributed by atoms with Crippen molar-refractivity contribution < 1.29 is 19.1 Å². The van der Waals surface area contributed by atoms with Crippen LogP contribution in [-0.4, -0.2) is 23.2 Å². The highest BCUT2D eigenvalue weighted by Crippen LogP contribution is 2.35. The molecular formula is C25H19ClINO4S. The lowest BCUT2D eigenvalue weighted by Gasteiger charge is -2.13. The molecule has 4 rings (SSSR count). The van der Waals surface area contributed by atoms with Gasteiger partial charge in [-0.2, -0.15) is 0 Å². The lowest BCUT2D eigenvalue weighted by atomic mass is 10.1. The fourth-order valence-electron chi connectivity index (χ4n) is 3.22. The average Bonchev–Trinajstić information content (AvgIpc) is 3.07. The molecule has 0 bridgehead atoms.